The van der Waals surface area contributed by atoms with Crippen molar-refractivity contribution < 1.29 is 14.3 Å². The largest absolute Gasteiger partial charge is 0.496 e. The van der Waals surface area contributed by atoms with Crippen LogP contribution in [0.5, 0.6) is 5.75 Å². The van der Waals surface area contributed by atoms with Crippen LogP contribution in [-0.2, 0) is 0 Å². The highest BCUT2D eigenvalue weighted by Crippen LogP contribution is 2.50. The molecule has 0 radical (unpaired) electrons. The summed E-state index contributed by atoms with van der Waals surface area (Å²) in [5.41, 5.74) is 4.21. The van der Waals surface area contributed by atoms with Gasteiger partial charge in [-0.05, 0) is 68.4 Å². The Kier molecular flexibility index (Phi) is 5.90. The molecule has 1 saturated heterocycles. The van der Waals surface area contributed by atoms with Crippen molar-refractivity contribution in [3.63, 3.8) is 0 Å². The van der Waals surface area contributed by atoms with Crippen molar-refractivity contribution in [1.82, 2.24) is 15.2 Å². The highest BCUT2D eigenvalue weighted by molar-refractivity contribution is 7.15. The molecule has 3 atom stereocenters. The van der Waals surface area contributed by atoms with Gasteiger partial charge in [0.05, 0.1) is 23.0 Å². The second-order valence-corrected chi connectivity index (χ2v) is 10.6. The first kappa shape index (κ1) is 22.6. The molecule has 2 aliphatic rings. The summed E-state index contributed by atoms with van der Waals surface area (Å²) < 4.78 is 5.29. The molecule has 1 aliphatic heterocycles. The molecular weight excluding hydrogens is 446 g/mol. The van der Waals surface area contributed by atoms with Gasteiger partial charge in [-0.25, -0.2) is 4.98 Å². The van der Waals surface area contributed by atoms with E-state index in [0.29, 0.717) is 29.6 Å². The molecule has 1 aromatic heterocycles. The molecule has 7 heteroatoms. The number of carbonyl (C=O) groups excluding carboxylic acids is 2. The smallest absolute Gasteiger partial charge is 0.274 e. The Labute approximate surface area is 204 Å². The number of benzene rings is 2. The molecule has 1 N–H and O–H groups in total. The van der Waals surface area contributed by atoms with Crippen molar-refractivity contribution >= 4 is 23.2 Å². The Morgan fingerprint density at radius 3 is 2.74 bits per heavy atom. The number of hydrogen-bond donors (Lipinski definition) is 1. The summed E-state index contributed by atoms with van der Waals surface area (Å²) in [6.45, 7) is 7.09. The summed E-state index contributed by atoms with van der Waals surface area (Å²) >= 11 is 1.56. The van der Waals surface area contributed by atoms with E-state index in [4.69, 9.17) is 4.74 Å². The van der Waals surface area contributed by atoms with Crippen molar-refractivity contribution in [3.05, 3.63) is 69.9 Å². The van der Waals surface area contributed by atoms with Crippen molar-refractivity contribution in [1.29, 1.82) is 0 Å². The molecular formula is C27H29N3O3S. The molecule has 2 aromatic carbocycles. The fraction of sp³-hybridized carbons (Fsp3) is 0.370. The fourth-order valence-electron chi connectivity index (χ4n) is 5.08. The predicted octanol–water partition coefficient (Wildman–Crippen LogP) is 4.63. The van der Waals surface area contributed by atoms with Crippen LogP contribution in [0.1, 0.15) is 43.4 Å². The second kappa shape index (κ2) is 8.87. The highest BCUT2D eigenvalue weighted by Gasteiger charge is 2.54. The maximum atomic E-state index is 13.7. The van der Waals surface area contributed by atoms with Gasteiger partial charge in [-0.15, -0.1) is 11.3 Å². The van der Waals surface area contributed by atoms with Crippen LogP contribution in [0.3, 0.4) is 0 Å². The van der Waals surface area contributed by atoms with Gasteiger partial charge in [-0.1, -0.05) is 29.8 Å². The molecule has 2 fully saturated rings. The van der Waals surface area contributed by atoms with Gasteiger partial charge in [0.1, 0.15) is 11.4 Å². The van der Waals surface area contributed by atoms with E-state index in [0.717, 1.165) is 45.3 Å². The maximum Gasteiger partial charge on any atom is 0.274 e. The van der Waals surface area contributed by atoms with E-state index >= 15 is 0 Å². The lowest BCUT2D eigenvalue weighted by Gasteiger charge is -2.27. The monoisotopic (exact) mass is 475 g/mol. The molecule has 176 valence electrons. The summed E-state index contributed by atoms with van der Waals surface area (Å²) in [5, 5.41) is 3.95. The van der Waals surface area contributed by atoms with Crippen LogP contribution < -0.4 is 10.1 Å². The van der Waals surface area contributed by atoms with E-state index in [9.17, 15) is 9.59 Å². The molecule has 34 heavy (non-hydrogen) atoms. The fourth-order valence-corrected chi connectivity index (χ4v) is 5.98. The first-order valence-corrected chi connectivity index (χ1v) is 12.5. The van der Waals surface area contributed by atoms with Crippen molar-refractivity contribution in [3.8, 4) is 16.2 Å². The zero-order valence-electron chi connectivity index (χ0n) is 19.9. The van der Waals surface area contributed by atoms with Gasteiger partial charge in [-0.3, -0.25) is 9.59 Å². The molecule has 1 saturated carbocycles. The van der Waals surface area contributed by atoms with Crippen molar-refractivity contribution in [2.75, 3.05) is 20.2 Å². The van der Waals surface area contributed by atoms with Crippen LogP contribution in [0.25, 0.3) is 10.4 Å². The van der Waals surface area contributed by atoms with E-state index in [1.165, 1.54) is 0 Å². The lowest BCUT2D eigenvalue weighted by Crippen LogP contribution is -2.45. The number of amides is 2. The van der Waals surface area contributed by atoms with Crippen LogP contribution in [-0.4, -0.2) is 47.9 Å². The predicted molar refractivity (Wildman–Crippen MR) is 134 cm³/mol. The molecule has 1 aliphatic carbocycles. The van der Waals surface area contributed by atoms with Gasteiger partial charge in [-0.2, -0.15) is 0 Å². The molecule has 2 amide bonds. The number of carbonyl (C=O) groups is 2. The number of rotatable bonds is 6. The maximum absolute atomic E-state index is 13.7. The van der Waals surface area contributed by atoms with E-state index in [1.54, 1.807) is 24.5 Å². The molecule has 3 aromatic rings. The molecule has 0 spiro atoms. The standard InChI is InChI=1S/C27H29N3O3S/c1-15-6-5-7-18(10-15)25-24(29-17(3)34-25)27(32)30-14-20-12-21(20)22(30)13-28-26(31)19-8-9-23(33-4)16(2)11-19/h5-11,20-22H,12-14H2,1-4H3,(H,28,31)/t20-,21-,22-/m1/s1. The number of thiazole rings is 1. The minimum atomic E-state index is -0.132. The zero-order chi connectivity index (χ0) is 24.0. The number of aryl methyl sites for hydroxylation is 3. The minimum absolute atomic E-state index is 0.00633. The topological polar surface area (TPSA) is 71.5 Å². The van der Waals surface area contributed by atoms with Gasteiger partial charge in [0.25, 0.3) is 11.8 Å². The van der Waals surface area contributed by atoms with E-state index in [1.807, 2.05) is 43.0 Å². The zero-order valence-corrected chi connectivity index (χ0v) is 20.7. The molecule has 0 bridgehead atoms. The van der Waals surface area contributed by atoms with Crippen molar-refractivity contribution in [2.45, 2.75) is 33.2 Å². The third-order valence-corrected chi connectivity index (χ3v) is 7.93. The van der Waals surface area contributed by atoms with E-state index < -0.39 is 0 Å². The summed E-state index contributed by atoms with van der Waals surface area (Å²) in [6, 6.07) is 13.6. The van der Waals surface area contributed by atoms with Crippen LogP contribution >= 0.6 is 11.3 Å². The summed E-state index contributed by atoms with van der Waals surface area (Å²) in [6.07, 6.45) is 1.12. The number of methoxy groups -OCH3 is 1. The Morgan fingerprint density at radius 2 is 2.00 bits per heavy atom. The average molecular weight is 476 g/mol. The van der Waals surface area contributed by atoms with Gasteiger partial charge in [0, 0.05) is 18.7 Å². The lowest BCUT2D eigenvalue weighted by atomic mass is 10.1. The van der Waals surface area contributed by atoms with Crippen LogP contribution in [0.2, 0.25) is 0 Å². The number of ether oxygens (including phenoxy) is 1. The highest BCUT2D eigenvalue weighted by atomic mass is 32.1. The number of likely N-dealkylation sites (tertiary alicyclic amines) is 1. The van der Waals surface area contributed by atoms with E-state index in [2.05, 4.69) is 29.4 Å². The van der Waals surface area contributed by atoms with Crippen LogP contribution in [0.4, 0.5) is 0 Å². The number of nitrogens with zero attached hydrogens (tertiary/aromatic N) is 2. The number of hydrogen-bond acceptors (Lipinski definition) is 5. The Bertz CT molecular complexity index is 1270. The number of fused-ring (bicyclic) bond motifs is 1. The van der Waals surface area contributed by atoms with Crippen LogP contribution in [0.15, 0.2) is 42.5 Å². The third kappa shape index (κ3) is 4.20. The SMILES string of the molecule is COc1ccc(C(=O)NC[C@@H]2[C@@H]3C[C@@H]3CN2C(=O)c2nc(C)sc2-c2cccc(C)c2)cc1C. The number of aromatic nitrogens is 1. The van der Waals surface area contributed by atoms with Gasteiger partial charge < -0.3 is 15.0 Å². The molecule has 0 unspecified atom stereocenters. The van der Waals surface area contributed by atoms with E-state index in [-0.39, 0.29) is 17.9 Å². The van der Waals surface area contributed by atoms with Crippen molar-refractivity contribution in [2.24, 2.45) is 11.8 Å². The Balaban J connectivity index is 1.33. The Hall–Kier alpha value is -3.19. The number of piperidine rings is 1. The third-order valence-electron chi connectivity index (χ3n) is 6.91. The summed E-state index contributed by atoms with van der Waals surface area (Å²) in [5.74, 6) is 1.56. The van der Waals surface area contributed by atoms with Gasteiger partial charge in [0.15, 0.2) is 0 Å². The Morgan fingerprint density at radius 1 is 1.18 bits per heavy atom. The van der Waals surface area contributed by atoms with Gasteiger partial charge in [0.2, 0.25) is 0 Å². The second-order valence-electron chi connectivity index (χ2n) is 9.36. The minimum Gasteiger partial charge on any atom is -0.496 e. The normalized spacial score (nSPS) is 20.7. The molecule has 6 nitrogen and oxygen atoms in total. The quantitative estimate of drug-likeness (QED) is 0.564. The first-order valence-electron chi connectivity index (χ1n) is 11.6. The molecule has 2 heterocycles. The summed E-state index contributed by atoms with van der Waals surface area (Å²) in [4.78, 5) is 34.0. The van der Waals surface area contributed by atoms with Crippen LogP contribution in [0, 0.1) is 32.6 Å². The molecule has 5 rings (SSSR count). The summed E-state index contributed by atoms with van der Waals surface area (Å²) in [7, 11) is 1.62. The lowest BCUT2D eigenvalue weighted by molar-refractivity contribution is 0.0690. The van der Waals surface area contributed by atoms with Gasteiger partial charge >= 0.3 is 0 Å². The number of nitrogens with one attached hydrogen (secondary N) is 1. The average Bonchev–Trinajstić information content (AvgIpc) is 3.33. The first-order chi connectivity index (χ1) is 16.4.